The quantitative estimate of drug-likeness (QED) is 0.342. The fourth-order valence-corrected chi connectivity index (χ4v) is 1.42. The highest BCUT2D eigenvalue weighted by Gasteiger charge is 2.21. The molecule has 0 N–H and O–H groups in total. The van der Waals surface area contributed by atoms with Gasteiger partial charge in [-0.15, -0.1) is 0 Å². The predicted octanol–water partition coefficient (Wildman–Crippen LogP) is 1.88. The Morgan fingerprint density at radius 2 is 2.05 bits per heavy atom. The molecule has 0 atom stereocenters. The van der Waals surface area contributed by atoms with Gasteiger partial charge in [-0.3, -0.25) is 14.9 Å². The first kappa shape index (κ1) is 15.5. The molecule has 0 fully saturated rings. The lowest BCUT2D eigenvalue weighted by Crippen LogP contribution is -2.16. The molecule has 1 aromatic rings. The number of esters is 1. The van der Waals surface area contributed by atoms with Crippen LogP contribution < -0.4 is 4.74 Å². The van der Waals surface area contributed by atoms with Gasteiger partial charge in [-0.05, 0) is 13.8 Å². The number of halogens is 1. The summed E-state index contributed by atoms with van der Waals surface area (Å²) in [5.41, 5.74) is -1.01. The maximum absolute atomic E-state index is 13.5. The Labute approximate surface area is 113 Å². The van der Waals surface area contributed by atoms with Crippen molar-refractivity contribution in [2.75, 3.05) is 13.2 Å². The molecule has 8 heteroatoms. The molecule has 0 aliphatic heterocycles. The predicted molar refractivity (Wildman–Crippen MR) is 65.2 cm³/mol. The van der Waals surface area contributed by atoms with E-state index in [1.165, 1.54) is 0 Å². The molecule has 20 heavy (non-hydrogen) atoms. The second-order valence-electron chi connectivity index (χ2n) is 3.71. The number of ketones is 1. The van der Waals surface area contributed by atoms with E-state index in [2.05, 4.69) is 4.74 Å². The van der Waals surface area contributed by atoms with Crippen LogP contribution in [-0.4, -0.2) is 29.9 Å². The Bertz CT molecular complexity index is 557. The minimum absolute atomic E-state index is 0.149. The number of nitro benzene ring substituents is 1. The van der Waals surface area contributed by atoms with Gasteiger partial charge in [-0.25, -0.2) is 4.79 Å². The molecule has 0 spiro atoms. The van der Waals surface area contributed by atoms with Gasteiger partial charge in [0.15, 0.2) is 12.4 Å². The van der Waals surface area contributed by atoms with Crippen molar-refractivity contribution in [3.05, 3.63) is 33.6 Å². The van der Waals surface area contributed by atoms with Crippen molar-refractivity contribution in [1.82, 2.24) is 0 Å². The molecule has 1 aromatic carbocycles. The van der Waals surface area contributed by atoms with Gasteiger partial charge in [0.2, 0.25) is 5.82 Å². The van der Waals surface area contributed by atoms with Crippen LogP contribution in [0.1, 0.15) is 24.2 Å². The Kier molecular flexibility index (Phi) is 5.13. The molecule has 1 rings (SSSR count). The molecule has 0 radical (unpaired) electrons. The third-order valence-corrected chi connectivity index (χ3v) is 2.28. The van der Waals surface area contributed by atoms with Crippen molar-refractivity contribution < 1.29 is 28.4 Å². The maximum Gasteiger partial charge on any atom is 0.344 e. The largest absolute Gasteiger partial charge is 0.481 e. The van der Waals surface area contributed by atoms with Crippen LogP contribution in [0.15, 0.2) is 12.1 Å². The molecule has 0 aliphatic rings. The van der Waals surface area contributed by atoms with E-state index in [1.54, 1.807) is 6.92 Å². The summed E-state index contributed by atoms with van der Waals surface area (Å²) in [6.45, 7) is 2.38. The van der Waals surface area contributed by atoms with E-state index < -0.39 is 34.8 Å². The molecule has 0 amide bonds. The van der Waals surface area contributed by atoms with E-state index in [0.717, 1.165) is 13.0 Å². The van der Waals surface area contributed by atoms with Crippen LogP contribution in [0, 0.1) is 15.9 Å². The van der Waals surface area contributed by atoms with Gasteiger partial charge in [0.05, 0.1) is 17.1 Å². The van der Waals surface area contributed by atoms with Crippen LogP contribution in [0.25, 0.3) is 0 Å². The van der Waals surface area contributed by atoms with Crippen molar-refractivity contribution in [3.8, 4) is 5.75 Å². The summed E-state index contributed by atoms with van der Waals surface area (Å²) in [5.74, 6) is -2.64. The highest BCUT2D eigenvalue weighted by molar-refractivity contribution is 5.97. The van der Waals surface area contributed by atoms with Gasteiger partial charge in [-0.2, -0.15) is 4.39 Å². The molecular formula is C12H12FNO6. The van der Waals surface area contributed by atoms with E-state index in [0.29, 0.717) is 6.07 Å². The summed E-state index contributed by atoms with van der Waals surface area (Å²) in [6, 6.07) is 1.48. The maximum atomic E-state index is 13.5. The average molecular weight is 285 g/mol. The third kappa shape index (κ3) is 3.74. The van der Waals surface area contributed by atoms with Gasteiger partial charge >= 0.3 is 11.7 Å². The minimum atomic E-state index is -1.15. The van der Waals surface area contributed by atoms with Crippen molar-refractivity contribution in [2.45, 2.75) is 13.8 Å². The highest BCUT2D eigenvalue weighted by Crippen LogP contribution is 2.28. The van der Waals surface area contributed by atoms with Crippen LogP contribution in [0.3, 0.4) is 0 Å². The van der Waals surface area contributed by atoms with Gasteiger partial charge in [0.1, 0.15) is 5.75 Å². The molecule has 0 bridgehead atoms. The molecule has 0 aromatic heterocycles. The first-order valence-electron chi connectivity index (χ1n) is 5.64. The Hall–Kier alpha value is -2.51. The van der Waals surface area contributed by atoms with E-state index in [-0.39, 0.29) is 17.9 Å². The summed E-state index contributed by atoms with van der Waals surface area (Å²) < 4.78 is 23.0. The van der Waals surface area contributed by atoms with Gasteiger partial charge in [-0.1, -0.05) is 0 Å². The van der Waals surface area contributed by atoms with Crippen molar-refractivity contribution >= 4 is 17.4 Å². The Morgan fingerprint density at radius 3 is 2.55 bits per heavy atom. The monoisotopic (exact) mass is 285 g/mol. The zero-order chi connectivity index (χ0) is 15.3. The number of hydrogen-bond donors (Lipinski definition) is 0. The molecule has 108 valence electrons. The van der Waals surface area contributed by atoms with Crippen LogP contribution >= 0.6 is 0 Å². The number of hydrogen-bond acceptors (Lipinski definition) is 6. The van der Waals surface area contributed by atoms with E-state index in [9.17, 15) is 24.1 Å². The average Bonchev–Trinajstić information content (AvgIpc) is 2.35. The van der Waals surface area contributed by atoms with Gasteiger partial charge < -0.3 is 9.47 Å². The zero-order valence-electron chi connectivity index (χ0n) is 10.8. The van der Waals surface area contributed by atoms with E-state index >= 15 is 0 Å². The lowest BCUT2D eigenvalue weighted by atomic mass is 10.1. The Balaban J connectivity index is 3.06. The summed E-state index contributed by atoms with van der Waals surface area (Å²) in [7, 11) is 0. The zero-order valence-corrected chi connectivity index (χ0v) is 10.8. The summed E-state index contributed by atoms with van der Waals surface area (Å²) in [6.07, 6.45) is 0. The lowest BCUT2D eigenvalue weighted by Gasteiger charge is -2.09. The second-order valence-corrected chi connectivity index (χ2v) is 3.71. The van der Waals surface area contributed by atoms with Crippen molar-refractivity contribution in [3.63, 3.8) is 0 Å². The first-order chi connectivity index (χ1) is 9.36. The number of Topliss-reactive ketones (excluding diaryl/α,β-unsaturated/α-hetero) is 1. The highest BCUT2D eigenvalue weighted by atomic mass is 19.1. The van der Waals surface area contributed by atoms with Gasteiger partial charge in [0.25, 0.3) is 0 Å². The molecular weight excluding hydrogens is 273 g/mol. The number of ether oxygens (including phenoxy) is 2. The smallest absolute Gasteiger partial charge is 0.344 e. The number of carbonyl (C=O) groups excluding carboxylic acids is 2. The summed E-state index contributed by atoms with van der Waals surface area (Å²) in [5, 5.41) is 10.6. The fraction of sp³-hybridized carbons (Fsp3) is 0.333. The third-order valence-electron chi connectivity index (χ3n) is 2.28. The van der Waals surface area contributed by atoms with Crippen LogP contribution in [0.2, 0.25) is 0 Å². The molecule has 0 saturated carbocycles. The number of nitro groups is 1. The van der Waals surface area contributed by atoms with E-state index in [1.807, 2.05) is 0 Å². The number of nitrogens with zero attached hydrogens (tertiary/aromatic N) is 1. The molecule has 0 aliphatic carbocycles. The van der Waals surface area contributed by atoms with Crippen LogP contribution in [0.4, 0.5) is 10.1 Å². The summed E-state index contributed by atoms with van der Waals surface area (Å²) >= 11 is 0. The standard InChI is InChI=1S/C12H12FNO6/c1-3-19-12(16)6-20-11-5-9(13)10(14(17)18)4-8(11)7(2)15/h4-5H,3,6H2,1-2H3. The second kappa shape index (κ2) is 6.60. The van der Waals surface area contributed by atoms with Crippen molar-refractivity contribution in [2.24, 2.45) is 0 Å². The lowest BCUT2D eigenvalue weighted by molar-refractivity contribution is -0.387. The van der Waals surface area contributed by atoms with Crippen LogP contribution in [0.5, 0.6) is 5.75 Å². The van der Waals surface area contributed by atoms with E-state index in [4.69, 9.17) is 4.74 Å². The topological polar surface area (TPSA) is 95.7 Å². The molecule has 0 unspecified atom stereocenters. The first-order valence-corrected chi connectivity index (χ1v) is 5.64. The Morgan fingerprint density at radius 1 is 1.40 bits per heavy atom. The van der Waals surface area contributed by atoms with Crippen molar-refractivity contribution in [1.29, 1.82) is 0 Å². The summed E-state index contributed by atoms with van der Waals surface area (Å²) in [4.78, 5) is 32.2. The number of rotatable bonds is 6. The molecule has 0 saturated heterocycles. The normalized spacial score (nSPS) is 9.95. The number of benzene rings is 1. The van der Waals surface area contributed by atoms with Gasteiger partial charge in [0, 0.05) is 12.1 Å². The SMILES string of the molecule is CCOC(=O)COc1cc(F)c([N+](=O)[O-])cc1C(C)=O. The molecule has 0 heterocycles. The number of carbonyl (C=O) groups is 2. The minimum Gasteiger partial charge on any atom is -0.481 e. The fourth-order valence-electron chi connectivity index (χ4n) is 1.42. The molecule has 7 nitrogen and oxygen atoms in total. The van der Waals surface area contributed by atoms with Crippen LogP contribution in [-0.2, 0) is 9.53 Å².